The number of allylic oxidation sites excluding steroid dienone is 1. The average Bonchev–Trinajstić information content (AvgIpc) is 3.43. The molecule has 2 heterocycles. The van der Waals surface area contributed by atoms with Gasteiger partial charge >= 0.3 is 5.97 Å². The van der Waals surface area contributed by atoms with Crippen molar-refractivity contribution >= 4 is 11.8 Å². The van der Waals surface area contributed by atoms with Crippen molar-refractivity contribution in [2.24, 2.45) is 40.4 Å². The summed E-state index contributed by atoms with van der Waals surface area (Å²) in [5, 5.41) is 20.4. The first-order chi connectivity index (χ1) is 16.1. The number of ether oxygens (including phenoxy) is 2. The molecule has 0 aromatic heterocycles. The number of hydrogen-bond donors (Lipinski definition) is 2. The second-order valence-electron chi connectivity index (χ2n) is 12.5. The highest BCUT2D eigenvalue weighted by molar-refractivity contribution is 5.98. The first kappa shape index (κ1) is 22.9. The van der Waals surface area contributed by atoms with E-state index >= 15 is 0 Å². The summed E-state index contributed by atoms with van der Waals surface area (Å²) in [6.45, 7) is 8.41. The largest absolute Gasteiger partial charge is 0.458 e. The molecule has 2 N–H and O–H groups in total. The van der Waals surface area contributed by atoms with Gasteiger partial charge in [-0.15, -0.1) is 0 Å². The first-order valence-electron chi connectivity index (χ1n) is 13.2. The fourth-order valence-corrected chi connectivity index (χ4v) is 9.69. The van der Waals surface area contributed by atoms with Gasteiger partial charge < -0.3 is 19.7 Å². The topological polar surface area (TPSA) is 96.4 Å². The third-order valence-corrected chi connectivity index (χ3v) is 11.6. The molecule has 6 heteroatoms. The van der Waals surface area contributed by atoms with E-state index in [1.165, 1.54) is 0 Å². The van der Waals surface area contributed by atoms with Crippen LogP contribution in [0.2, 0.25) is 0 Å². The molecule has 34 heavy (non-hydrogen) atoms. The fourth-order valence-electron chi connectivity index (χ4n) is 9.69. The Bertz CT molecular complexity index is 999. The lowest BCUT2D eigenvalue weighted by atomic mass is 9.44. The van der Waals surface area contributed by atoms with E-state index in [2.05, 4.69) is 20.8 Å². The van der Waals surface area contributed by atoms with Crippen molar-refractivity contribution in [1.82, 2.24) is 0 Å². The molecule has 3 saturated carbocycles. The van der Waals surface area contributed by atoms with Crippen LogP contribution in [-0.2, 0) is 19.1 Å². The summed E-state index contributed by atoms with van der Waals surface area (Å²) < 4.78 is 12.1. The van der Waals surface area contributed by atoms with Crippen LogP contribution in [0.4, 0.5) is 0 Å². The molecule has 4 aliphatic carbocycles. The highest BCUT2D eigenvalue weighted by Crippen LogP contribution is 2.73. The van der Waals surface area contributed by atoms with Gasteiger partial charge in [0.1, 0.15) is 17.8 Å². The summed E-state index contributed by atoms with van der Waals surface area (Å²) in [4.78, 5) is 25.8. The Balaban J connectivity index is 1.27. The Morgan fingerprint density at radius 1 is 1.18 bits per heavy atom. The summed E-state index contributed by atoms with van der Waals surface area (Å²) in [5.41, 5.74) is 0.129. The van der Waals surface area contributed by atoms with Crippen LogP contribution in [0, 0.1) is 40.4 Å². The number of carbonyl (C=O) groups is 2. The molecule has 6 rings (SSSR count). The van der Waals surface area contributed by atoms with E-state index in [1.807, 2.05) is 6.92 Å². The van der Waals surface area contributed by atoms with E-state index in [-0.39, 0.29) is 47.8 Å². The lowest BCUT2D eigenvalue weighted by Crippen LogP contribution is -2.63. The molecule has 1 saturated heterocycles. The van der Waals surface area contributed by atoms with Gasteiger partial charge in [-0.2, -0.15) is 0 Å². The van der Waals surface area contributed by atoms with Crippen molar-refractivity contribution in [2.75, 3.05) is 6.61 Å². The molecule has 6 aliphatic rings. The third-order valence-electron chi connectivity index (χ3n) is 11.6. The van der Waals surface area contributed by atoms with Crippen LogP contribution in [0.1, 0.15) is 66.2 Å². The number of ketones is 1. The van der Waals surface area contributed by atoms with Crippen LogP contribution in [0.15, 0.2) is 23.3 Å². The highest BCUT2D eigenvalue weighted by atomic mass is 16.6. The minimum Gasteiger partial charge on any atom is -0.458 e. The maximum atomic E-state index is 13.3. The van der Waals surface area contributed by atoms with Crippen LogP contribution < -0.4 is 0 Å². The van der Waals surface area contributed by atoms with E-state index in [4.69, 9.17) is 9.47 Å². The fraction of sp³-hybridized carbons (Fsp3) is 0.786. The van der Waals surface area contributed by atoms with Crippen LogP contribution in [0.25, 0.3) is 0 Å². The SMILES string of the molecule is CC1=C(CO)C(=O)O[C@@H]([C@@H](C)[C@H]2CC[C@H]3[C@H]4C[C@H]5O[C@]56[C@@H](O)C=CC(=O)[C@]6(C)[C@@H]4CC[C@]23C)C1. The third kappa shape index (κ3) is 2.63. The van der Waals surface area contributed by atoms with Crippen molar-refractivity contribution in [2.45, 2.75) is 90.1 Å². The van der Waals surface area contributed by atoms with Gasteiger partial charge in [-0.3, -0.25) is 4.79 Å². The lowest BCUT2D eigenvalue weighted by molar-refractivity contribution is -0.155. The Hall–Kier alpha value is -1.50. The van der Waals surface area contributed by atoms with Crippen LogP contribution in [-0.4, -0.2) is 52.5 Å². The van der Waals surface area contributed by atoms with Crippen molar-refractivity contribution in [3.63, 3.8) is 0 Å². The van der Waals surface area contributed by atoms with Crippen molar-refractivity contribution in [3.8, 4) is 0 Å². The standard InChI is InChI=1S/C28H38O6/c1-14-11-21(33-25(32)17(14)13-29)15(2)18-5-6-19-16-12-24-28(34-24)23(31)8-7-22(30)27(28,4)20(16)9-10-26(18,19)3/h7-8,15-16,18-21,23-24,29,31H,5-6,9-13H2,1-4H3/t15-,16+,18+,19-,20+,21+,23-,24+,26+,27-,28+/m0/s1. The summed E-state index contributed by atoms with van der Waals surface area (Å²) >= 11 is 0. The molecule has 0 radical (unpaired) electrons. The number of aliphatic hydroxyl groups excluding tert-OH is 2. The maximum absolute atomic E-state index is 13.3. The molecule has 0 amide bonds. The Kier molecular flexibility index (Phi) is 4.90. The highest BCUT2D eigenvalue weighted by Gasteiger charge is 2.80. The zero-order valence-corrected chi connectivity index (χ0v) is 20.8. The zero-order valence-electron chi connectivity index (χ0n) is 20.8. The number of rotatable bonds is 3. The molecular weight excluding hydrogens is 432 g/mol. The van der Waals surface area contributed by atoms with Gasteiger partial charge in [0.2, 0.25) is 0 Å². The van der Waals surface area contributed by atoms with Crippen molar-refractivity contribution < 1.29 is 29.3 Å². The molecular formula is C28H38O6. The number of carbonyl (C=O) groups excluding carboxylic acids is 2. The van der Waals surface area contributed by atoms with Gasteiger partial charge in [-0.25, -0.2) is 4.79 Å². The molecule has 1 spiro atoms. The van der Waals surface area contributed by atoms with Crippen LogP contribution in [0.5, 0.6) is 0 Å². The number of hydrogen-bond acceptors (Lipinski definition) is 6. The second-order valence-corrected chi connectivity index (χ2v) is 12.5. The number of fused-ring (bicyclic) bond motifs is 4. The van der Waals surface area contributed by atoms with Gasteiger partial charge in [0.05, 0.1) is 23.7 Å². The monoisotopic (exact) mass is 470 g/mol. The Labute approximate surface area is 201 Å². The molecule has 4 fully saturated rings. The summed E-state index contributed by atoms with van der Waals surface area (Å²) in [6, 6.07) is 0. The normalized spacial score (nSPS) is 52.4. The quantitative estimate of drug-likeness (QED) is 0.485. The molecule has 186 valence electrons. The van der Waals surface area contributed by atoms with Crippen molar-refractivity contribution in [1.29, 1.82) is 0 Å². The Morgan fingerprint density at radius 3 is 2.65 bits per heavy atom. The van der Waals surface area contributed by atoms with E-state index < -0.39 is 17.1 Å². The minimum absolute atomic E-state index is 0.0366. The lowest BCUT2D eigenvalue weighted by Gasteiger charge is -2.58. The Morgan fingerprint density at radius 2 is 1.94 bits per heavy atom. The zero-order chi connectivity index (χ0) is 24.2. The van der Waals surface area contributed by atoms with Gasteiger partial charge in [0.15, 0.2) is 5.78 Å². The van der Waals surface area contributed by atoms with Gasteiger partial charge in [0, 0.05) is 6.42 Å². The smallest absolute Gasteiger partial charge is 0.336 e. The van der Waals surface area contributed by atoms with E-state index in [0.717, 1.165) is 37.7 Å². The first-order valence-corrected chi connectivity index (χ1v) is 13.2. The van der Waals surface area contributed by atoms with E-state index in [1.54, 1.807) is 12.2 Å². The van der Waals surface area contributed by atoms with Crippen LogP contribution >= 0.6 is 0 Å². The maximum Gasteiger partial charge on any atom is 0.336 e. The number of epoxide rings is 1. The average molecular weight is 471 g/mol. The summed E-state index contributed by atoms with van der Waals surface area (Å²) in [7, 11) is 0. The van der Waals surface area contributed by atoms with E-state index in [0.29, 0.717) is 29.7 Å². The molecule has 0 aromatic carbocycles. The number of aliphatic hydroxyl groups is 2. The molecule has 11 atom stereocenters. The van der Waals surface area contributed by atoms with Crippen molar-refractivity contribution in [3.05, 3.63) is 23.3 Å². The number of cyclic esters (lactones) is 1. The predicted octanol–water partition coefficient (Wildman–Crippen LogP) is 3.35. The van der Waals surface area contributed by atoms with Crippen LogP contribution in [0.3, 0.4) is 0 Å². The van der Waals surface area contributed by atoms with E-state index in [9.17, 15) is 19.8 Å². The minimum atomic E-state index is -0.719. The number of esters is 1. The molecule has 2 aliphatic heterocycles. The van der Waals surface area contributed by atoms with Gasteiger partial charge in [0.25, 0.3) is 0 Å². The van der Waals surface area contributed by atoms with Gasteiger partial charge in [-0.1, -0.05) is 19.4 Å². The summed E-state index contributed by atoms with van der Waals surface area (Å²) in [6.07, 6.45) is 8.23. The predicted molar refractivity (Wildman–Crippen MR) is 124 cm³/mol. The van der Waals surface area contributed by atoms with Gasteiger partial charge in [-0.05, 0) is 93.1 Å². The molecule has 0 bridgehead atoms. The molecule has 6 nitrogen and oxygen atoms in total. The molecule has 0 aromatic rings. The second kappa shape index (κ2) is 7.27. The molecule has 0 unspecified atom stereocenters. The summed E-state index contributed by atoms with van der Waals surface area (Å²) in [5.74, 6) is 1.61.